The number of hydrogen-bond donors (Lipinski definition) is 1. The third-order valence-corrected chi connectivity index (χ3v) is 3.75. The van der Waals surface area contributed by atoms with Crippen molar-refractivity contribution in [1.82, 2.24) is 4.98 Å². The van der Waals surface area contributed by atoms with E-state index in [1.165, 1.54) is 38.2 Å². The van der Waals surface area contributed by atoms with Gasteiger partial charge in [-0.25, -0.2) is 4.39 Å². The molecule has 94 valence electrons. The van der Waals surface area contributed by atoms with E-state index in [1.807, 2.05) is 0 Å². The molecule has 0 aliphatic heterocycles. The minimum absolute atomic E-state index is 0.252. The van der Waals surface area contributed by atoms with Crippen LogP contribution in [0, 0.1) is 11.7 Å². The zero-order chi connectivity index (χ0) is 12.1. The van der Waals surface area contributed by atoms with Gasteiger partial charge in [-0.05, 0) is 30.9 Å². The maximum Gasteiger partial charge on any atom is 0.146 e. The molecular weight excluding hydrogens is 215 g/mol. The number of rotatable bonds is 4. The predicted octanol–water partition coefficient (Wildman–Crippen LogP) is 3.58. The number of hydrogen-bond acceptors (Lipinski definition) is 2. The molecule has 2 rings (SSSR count). The molecule has 0 spiro atoms. The molecule has 0 radical (unpaired) electrons. The highest BCUT2D eigenvalue weighted by molar-refractivity contribution is 5.10. The van der Waals surface area contributed by atoms with Gasteiger partial charge in [-0.2, -0.15) is 0 Å². The number of aromatic nitrogens is 1. The standard InChI is InChI=1S/C14H21FN2/c15-12-7-4-10-17-14(12)13(16)9-8-11-5-2-1-3-6-11/h4,7,10-11,13H,1-3,5-6,8-9,16H2. The topological polar surface area (TPSA) is 38.9 Å². The molecule has 1 saturated carbocycles. The van der Waals surface area contributed by atoms with Gasteiger partial charge < -0.3 is 5.73 Å². The van der Waals surface area contributed by atoms with Gasteiger partial charge in [0.1, 0.15) is 5.82 Å². The fraction of sp³-hybridized carbons (Fsp3) is 0.643. The lowest BCUT2D eigenvalue weighted by atomic mass is 9.85. The zero-order valence-electron chi connectivity index (χ0n) is 10.2. The molecule has 0 bridgehead atoms. The fourth-order valence-electron chi connectivity index (χ4n) is 2.70. The molecule has 2 N–H and O–H groups in total. The number of pyridine rings is 1. The lowest BCUT2D eigenvalue weighted by molar-refractivity contribution is 0.322. The van der Waals surface area contributed by atoms with Crippen LogP contribution in [0.15, 0.2) is 18.3 Å². The van der Waals surface area contributed by atoms with Crippen LogP contribution in [0.4, 0.5) is 4.39 Å². The van der Waals surface area contributed by atoms with E-state index in [4.69, 9.17) is 5.73 Å². The van der Waals surface area contributed by atoms with Gasteiger partial charge >= 0.3 is 0 Å². The van der Waals surface area contributed by atoms with E-state index in [-0.39, 0.29) is 11.9 Å². The van der Waals surface area contributed by atoms with Crippen molar-refractivity contribution in [3.8, 4) is 0 Å². The Bertz CT molecular complexity index is 348. The Hall–Kier alpha value is -0.960. The fourth-order valence-corrected chi connectivity index (χ4v) is 2.70. The molecule has 1 aliphatic rings. The molecule has 3 heteroatoms. The van der Waals surface area contributed by atoms with Gasteiger partial charge in [0.05, 0.1) is 5.69 Å². The van der Waals surface area contributed by atoms with Crippen molar-refractivity contribution in [1.29, 1.82) is 0 Å². The highest BCUT2D eigenvalue weighted by Gasteiger charge is 2.17. The lowest BCUT2D eigenvalue weighted by Crippen LogP contribution is -2.16. The monoisotopic (exact) mass is 236 g/mol. The largest absolute Gasteiger partial charge is 0.323 e. The predicted molar refractivity (Wildman–Crippen MR) is 66.9 cm³/mol. The molecule has 0 saturated heterocycles. The van der Waals surface area contributed by atoms with Crippen LogP contribution in [-0.2, 0) is 0 Å². The van der Waals surface area contributed by atoms with Gasteiger partial charge in [0.25, 0.3) is 0 Å². The van der Waals surface area contributed by atoms with Crippen LogP contribution >= 0.6 is 0 Å². The first-order valence-corrected chi connectivity index (χ1v) is 6.63. The van der Waals surface area contributed by atoms with Gasteiger partial charge in [-0.1, -0.05) is 32.1 Å². The van der Waals surface area contributed by atoms with Crippen molar-refractivity contribution in [2.45, 2.75) is 51.0 Å². The van der Waals surface area contributed by atoms with Gasteiger partial charge in [-0.3, -0.25) is 4.98 Å². The molecule has 1 fully saturated rings. The van der Waals surface area contributed by atoms with E-state index in [9.17, 15) is 4.39 Å². The van der Waals surface area contributed by atoms with Crippen molar-refractivity contribution in [3.05, 3.63) is 29.8 Å². The molecule has 17 heavy (non-hydrogen) atoms. The maximum atomic E-state index is 13.5. The SMILES string of the molecule is NC(CCC1CCCCC1)c1ncccc1F. The van der Waals surface area contributed by atoms with Gasteiger partial charge in [-0.15, -0.1) is 0 Å². The van der Waals surface area contributed by atoms with E-state index in [1.54, 1.807) is 12.3 Å². The third-order valence-electron chi connectivity index (χ3n) is 3.75. The van der Waals surface area contributed by atoms with Gasteiger partial charge in [0.15, 0.2) is 0 Å². The summed E-state index contributed by atoms with van der Waals surface area (Å²) in [6.07, 6.45) is 10.3. The van der Waals surface area contributed by atoms with Crippen LogP contribution in [0.1, 0.15) is 56.7 Å². The summed E-state index contributed by atoms with van der Waals surface area (Å²) in [4.78, 5) is 4.04. The maximum absolute atomic E-state index is 13.5. The highest BCUT2D eigenvalue weighted by Crippen LogP contribution is 2.29. The van der Waals surface area contributed by atoms with Crippen LogP contribution < -0.4 is 5.73 Å². The number of halogens is 1. The second kappa shape index (κ2) is 6.10. The number of nitrogens with zero attached hydrogens (tertiary/aromatic N) is 1. The van der Waals surface area contributed by atoms with Crippen molar-refractivity contribution in [2.75, 3.05) is 0 Å². The summed E-state index contributed by atoms with van der Waals surface area (Å²) in [5.41, 5.74) is 6.43. The summed E-state index contributed by atoms with van der Waals surface area (Å²) in [6, 6.07) is 2.79. The summed E-state index contributed by atoms with van der Waals surface area (Å²) < 4.78 is 13.5. The van der Waals surface area contributed by atoms with Gasteiger partial charge in [0, 0.05) is 12.2 Å². The molecule has 1 aromatic rings. The van der Waals surface area contributed by atoms with Crippen LogP contribution in [0.2, 0.25) is 0 Å². The molecule has 1 unspecified atom stereocenters. The molecule has 1 atom stereocenters. The normalized spacial score (nSPS) is 19.2. The van der Waals surface area contributed by atoms with Crippen LogP contribution in [0.3, 0.4) is 0 Å². The van der Waals surface area contributed by atoms with Crippen molar-refractivity contribution >= 4 is 0 Å². The second-order valence-corrected chi connectivity index (χ2v) is 5.06. The zero-order valence-corrected chi connectivity index (χ0v) is 10.2. The van der Waals surface area contributed by atoms with E-state index in [0.29, 0.717) is 5.69 Å². The molecule has 1 heterocycles. The van der Waals surface area contributed by atoms with E-state index in [0.717, 1.165) is 18.8 Å². The minimum Gasteiger partial charge on any atom is -0.323 e. The Labute approximate surface area is 102 Å². The highest BCUT2D eigenvalue weighted by atomic mass is 19.1. The summed E-state index contributed by atoms with van der Waals surface area (Å²) in [5.74, 6) is 0.519. The lowest BCUT2D eigenvalue weighted by Gasteiger charge is -2.22. The Morgan fingerprint density at radius 3 is 2.82 bits per heavy atom. The van der Waals surface area contributed by atoms with Crippen LogP contribution in [0.5, 0.6) is 0 Å². The van der Waals surface area contributed by atoms with E-state index >= 15 is 0 Å². The first-order chi connectivity index (χ1) is 8.27. The Morgan fingerprint density at radius 2 is 2.12 bits per heavy atom. The summed E-state index contributed by atoms with van der Waals surface area (Å²) in [5, 5.41) is 0. The average molecular weight is 236 g/mol. The molecular formula is C14H21FN2. The quantitative estimate of drug-likeness (QED) is 0.867. The summed E-state index contributed by atoms with van der Waals surface area (Å²) in [6.45, 7) is 0. The smallest absolute Gasteiger partial charge is 0.146 e. The summed E-state index contributed by atoms with van der Waals surface area (Å²) >= 11 is 0. The molecule has 0 amide bonds. The molecule has 1 aromatic heterocycles. The first kappa shape index (κ1) is 12.5. The van der Waals surface area contributed by atoms with E-state index < -0.39 is 0 Å². The van der Waals surface area contributed by atoms with E-state index in [2.05, 4.69) is 4.98 Å². The molecule has 0 aromatic carbocycles. The van der Waals surface area contributed by atoms with Crippen LogP contribution in [-0.4, -0.2) is 4.98 Å². The molecule has 2 nitrogen and oxygen atoms in total. The van der Waals surface area contributed by atoms with Crippen molar-refractivity contribution in [3.63, 3.8) is 0 Å². The Morgan fingerprint density at radius 1 is 1.35 bits per heavy atom. The Balaban J connectivity index is 1.84. The molecule has 1 aliphatic carbocycles. The number of nitrogens with two attached hydrogens (primary N) is 1. The average Bonchev–Trinajstić information content (AvgIpc) is 2.38. The Kier molecular flexibility index (Phi) is 4.49. The minimum atomic E-state index is -0.274. The summed E-state index contributed by atoms with van der Waals surface area (Å²) in [7, 11) is 0. The third kappa shape index (κ3) is 3.50. The van der Waals surface area contributed by atoms with Crippen molar-refractivity contribution in [2.24, 2.45) is 11.7 Å². The first-order valence-electron chi connectivity index (χ1n) is 6.63. The van der Waals surface area contributed by atoms with Gasteiger partial charge in [0.2, 0.25) is 0 Å². The van der Waals surface area contributed by atoms with Crippen LogP contribution in [0.25, 0.3) is 0 Å². The van der Waals surface area contributed by atoms with Crippen molar-refractivity contribution < 1.29 is 4.39 Å². The second-order valence-electron chi connectivity index (χ2n) is 5.06.